The minimum Gasteiger partial charge on any atom is -0.322 e. The van der Waals surface area contributed by atoms with Crippen LogP contribution < -0.4 is 5.32 Å². The summed E-state index contributed by atoms with van der Waals surface area (Å²) in [4.78, 5) is 11.6. The summed E-state index contributed by atoms with van der Waals surface area (Å²) in [5, 5.41) is 11.2. The molecule has 0 bridgehead atoms. The SMILES string of the molecule is CCCC(C#N)C(=O)Nc1ccccc1F. The van der Waals surface area contributed by atoms with Gasteiger partial charge in [0.15, 0.2) is 0 Å². The van der Waals surface area contributed by atoms with Crippen LogP contribution in [0.2, 0.25) is 0 Å². The molecule has 0 saturated carbocycles. The van der Waals surface area contributed by atoms with Crippen molar-refractivity contribution >= 4 is 11.6 Å². The van der Waals surface area contributed by atoms with E-state index in [1.54, 1.807) is 12.1 Å². The number of nitrogens with one attached hydrogen (secondary N) is 1. The van der Waals surface area contributed by atoms with E-state index in [1.807, 2.05) is 13.0 Å². The number of benzene rings is 1. The van der Waals surface area contributed by atoms with Gasteiger partial charge < -0.3 is 5.32 Å². The minimum absolute atomic E-state index is 0.115. The van der Waals surface area contributed by atoms with E-state index in [0.717, 1.165) is 6.42 Å². The Hall–Kier alpha value is -1.89. The van der Waals surface area contributed by atoms with Crippen LogP contribution >= 0.6 is 0 Å². The van der Waals surface area contributed by atoms with E-state index in [1.165, 1.54) is 12.1 Å². The number of nitrogens with zero attached hydrogens (tertiary/aromatic N) is 1. The number of carbonyl (C=O) groups excluding carboxylic acids is 1. The third kappa shape index (κ3) is 3.06. The van der Waals surface area contributed by atoms with E-state index in [9.17, 15) is 9.18 Å². The lowest BCUT2D eigenvalue weighted by molar-refractivity contribution is -0.118. The van der Waals surface area contributed by atoms with Crippen LogP contribution in [0.5, 0.6) is 0 Å². The average Bonchev–Trinajstić information content (AvgIpc) is 2.29. The predicted molar refractivity (Wildman–Crippen MR) is 59.0 cm³/mol. The molecule has 1 aromatic carbocycles. The van der Waals surface area contributed by atoms with Crippen LogP contribution in [0.25, 0.3) is 0 Å². The van der Waals surface area contributed by atoms with Crippen molar-refractivity contribution in [2.24, 2.45) is 5.92 Å². The quantitative estimate of drug-likeness (QED) is 0.848. The molecule has 1 N–H and O–H groups in total. The lowest BCUT2D eigenvalue weighted by Crippen LogP contribution is -2.21. The molecule has 16 heavy (non-hydrogen) atoms. The molecule has 1 rings (SSSR count). The Kier molecular flexibility index (Phi) is 4.46. The van der Waals surface area contributed by atoms with Crippen molar-refractivity contribution in [3.8, 4) is 6.07 Å². The molecule has 84 valence electrons. The van der Waals surface area contributed by atoms with Gasteiger partial charge in [0.1, 0.15) is 11.7 Å². The summed E-state index contributed by atoms with van der Waals surface area (Å²) in [6.07, 6.45) is 1.22. The monoisotopic (exact) mass is 220 g/mol. The van der Waals surface area contributed by atoms with Gasteiger partial charge in [-0.1, -0.05) is 25.5 Å². The molecular formula is C12H13FN2O. The highest BCUT2D eigenvalue weighted by Gasteiger charge is 2.17. The van der Waals surface area contributed by atoms with Crippen molar-refractivity contribution in [3.63, 3.8) is 0 Å². The zero-order chi connectivity index (χ0) is 12.0. The van der Waals surface area contributed by atoms with E-state index in [0.29, 0.717) is 6.42 Å². The van der Waals surface area contributed by atoms with Crippen molar-refractivity contribution in [1.82, 2.24) is 0 Å². The Labute approximate surface area is 93.9 Å². The van der Waals surface area contributed by atoms with E-state index in [4.69, 9.17) is 5.26 Å². The van der Waals surface area contributed by atoms with Gasteiger partial charge in [0.05, 0.1) is 11.8 Å². The summed E-state index contributed by atoms with van der Waals surface area (Å²) in [5.74, 6) is -1.66. The number of amides is 1. The van der Waals surface area contributed by atoms with Gasteiger partial charge in [0.2, 0.25) is 5.91 Å². The number of carbonyl (C=O) groups is 1. The zero-order valence-corrected chi connectivity index (χ0v) is 9.03. The molecule has 0 radical (unpaired) electrons. The largest absolute Gasteiger partial charge is 0.322 e. The molecule has 0 aromatic heterocycles. The first-order valence-electron chi connectivity index (χ1n) is 5.14. The Bertz CT molecular complexity index is 412. The van der Waals surface area contributed by atoms with Gasteiger partial charge in [0, 0.05) is 0 Å². The van der Waals surface area contributed by atoms with Crippen molar-refractivity contribution in [2.45, 2.75) is 19.8 Å². The summed E-state index contributed by atoms with van der Waals surface area (Å²) in [6, 6.07) is 7.80. The summed E-state index contributed by atoms with van der Waals surface area (Å²) in [7, 11) is 0. The van der Waals surface area contributed by atoms with Crippen molar-refractivity contribution in [1.29, 1.82) is 5.26 Å². The second-order valence-corrected chi connectivity index (χ2v) is 3.44. The van der Waals surface area contributed by atoms with E-state index < -0.39 is 17.6 Å². The molecule has 0 heterocycles. The fourth-order valence-corrected chi connectivity index (χ4v) is 1.33. The highest BCUT2D eigenvalue weighted by atomic mass is 19.1. The number of anilines is 1. The second kappa shape index (κ2) is 5.86. The maximum atomic E-state index is 13.2. The molecule has 0 aliphatic carbocycles. The first-order valence-corrected chi connectivity index (χ1v) is 5.14. The van der Waals surface area contributed by atoms with Crippen molar-refractivity contribution in [3.05, 3.63) is 30.1 Å². The van der Waals surface area contributed by atoms with Crippen LogP contribution in [-0.4, -0.2) is 5.91 Å². The minimum atomic E-state index is -0.718. The molecule has 0 spiro atoms. The van der Waals surface area contributed by atoms with Gasteiger partial charge in [-0.3, -0.25) is 4.79 Å². The normalized spacial score (nSPS) is 11.6. The summed E-state index contributed by atoms with van der Waals surface area (Å²) in [6.45, 7) is 1.89. The standard InChI is InChI=1S/C12H13FN2O/c1-2-5-9(8-14)12(16)15-11-7-4-3-6-10(11)13/h3-4,6-7,9H,2,5H2,1H3,(H,15,16). The lowest BCUT2D eigenvalue weighted by atomic mass is 10.0. The summed E-state index contributed by atoms with van der Waals surface area (Å²) >= 11 is 0. The maximum absolute atomic E-state index is 13.2. The molecule has 1 amide bonds. The van der Waals surface area contributed by atoms with E-state index >= 15 is 0 Å². The third-order valence-electron chi connectivity index (χ3n) is 2.18. The molecule has 3 nitrogen and oxygen atoms in total. The van der Waals surface area contributed by atoms with E-state index in [2.05, 4.69) is 5.32 Å². The number of rotatable bonds is 4. The number of hydrogen-bond acceptors (Lipinski definition) is 2. The molecular weight excluding hydrogens is 207 g/mol. The molecule has 1 unspecified atom stereocenters. The van der Waals surface area contributed by atoms with Gasteiger partial charge in [0.25, 0.3) is 0 Å². The number of nitriles is 1. The van der Waals surface area contributed by atoms with Gasteiger partial charge >= 0.3 is 0 Å². The van der Waals surface area contributed by atoms with Crippen LogP contribution in [-0.2, 0) is 4.79 Å². The van der Waals surface area contributed by atoms with Crippen molar-refractivity contribution in [2.75, 3.05) is 5.32 Å². The van der Waals surface area contributed by atoms with Gasteiger partial charge in [-0.2, -0.15) is 5.26 Å². The summed E-state index contributed by atoms with van der Waals surface area (Å²) < 4.78 is 13.2. The summed E-state index contributed by atoms with van der Waals surface area (Å²) in [5.41, 5.74) is 0.115. The Morgan fingerprint density at radius 3 is 2.81 bits per heavy atom. The lowest BCUT2D eigenvalue weighted by Gasteiger charge is -2.09. The number of hydrogen-bond donors (Lipinski definition) is 1. The average molecular weight is 220 g/mol. The maximum Gasteiger partial charge on any atom is 0.241 e. The fraction of sp³-hybridized carbons (Fsp3) is 0.333. The van der Waals surface area contributed by atoms with Gasteiger partial charge in [-0.25, -0.2) is 4.39 Å². The molecule has 0 aliphatic heterocycles. The van der Waals surface area contributed by atoms with Crippen molar-refractivity contribution < 1.29 is 9.18 Å². The fourth-order valence-electron chi connectivity index (χ4n) is 1.33. The van der Waals surface area contributed by atoms with Crippen LogP contribution in [0.1, 0.15) is 19.8 Å². The predicted octanol–water partition coefficient (Wildman–Crippen LogP) is 2.70. The highest BCUT2D eigenvalue weighted by Crippen LogP contribution is 2.15. The van der Waals surface area contributed by atoms with Crippen LogP contribution in [0.15, 0.2) is 24.3 Å². The second-order valence-electron chi connectivity index (χ2n) is 3.44. The highest BCUT2D eigenvalue weighted by molar-refractivity contribution is 5.94. The third-order valence-corrected chi connectivity index (χ3v) is 2.18. The number of halogens is 1. The zero-order valence-electron chi connectivity index (χ0n) is 9.03. The van der Waals surface area contributed by atoms with Crippen LogP contribution in [0, 0.1) is 23.1 Å². The molecule has 4 heteroatoms. The molecule has 1 atom stereocenters. The van der Waals surface area contributed by atoms with Crippen LogP contribution in [0.3, 0.4) is 0 Å². The van der Waals surface area contributed by atoms with Crippen LogP contribution in [0.4, 0.5) is 10.1 Å². The van der Waals surface area contributed by atoms with Gasteiger partial charge in [-0.15, -0.1) is 0 Å². The first-order chi connectivity index (χ1) is 7.69. The van der Waals surface area contributed by atoms with E-state index in [-0.39, 0.29) is 5.69 Å². The Morgan fingerprint density at radius 2 is 2.25 bits per heavy atom. The molecule has 0 fully saturated rings. The molecule has 0 aliphatic rings. The van der Waals surface area contributed by atoms with Gasteiger partial charge in [-0.05, 0) is 18.6 Å². The topological polar surface area (TPSA) is 52.9 Å². The molecule has 1 aromatic rings. The Balaban J connectivity index is 2.71. The smallest absolute Gasteiger partial charge is 0.241 e. The Morgan fingerprint density at radius 1 is 1.56 bits per heavy atom. The first kappa shape index (κ1) is 12.2. The number of para-hydroxylation sites is 1. The molecule has 0 saturated heterocycles.